The molecule has 6 nitrogen and oxygen atoms in total. The smallest absolute Gasteiger partial charge is 0.326 e. The molecule has 27 heavy (non-hydrogen) atoms. The van der Waals surface area contributed by atoms with E-state index in [-0.39, 0.29) is 18.2 Å². The fourth-order valence-electron chi connectivity index (χ4n) is 2.82. The molecule has 0 aliphatic heterocycles. The Morgan fingerprint density at radius 1 is 0.963 bits per heavy atom. The number of rotatable bonds is 9. The summed E-state index contributed by atoms with van der Waals surface area (Å²) in [4.78, 5) is 24.0. The lowest BCUT2D eigenvalue weighted by atomic mass is 9.98. The third-order valence-corrected chi connectivity index (χ3v) is 4.33. The van der Waals surface area contributed by atoms with Crippen LogP contribution < -0.4 is 14.8 Å². The molecule has 2 atom stereocenters. The Balaban J connectivity index is 2.01. The quantitative estimate of drug-likeness (QED) is 0.708. The third kappa shape index (κ3) is 5.74. The van der Waals surface area contributed by atoms with Gasteiger partial charge in [0.1, 0.15) is 6.04 Å². The van der Waals surface area contributed by atoms with E-state index in [9.17, 15) is 14.7 Å². The number of ether oxygens (including phenoxy) is 2. The second-order valence-electron chi connectivity index (χ2n) is 6.38. The first-order valence-corrected chi connectivity index (χ1v) is 8.72. The zero-order valence-corrected chi connectivity index (χ0v) is 15.8. The fourth-order valence-corrected chi connectivity index (χ4v) is 2.82. The van der Waals surface area contributed by atoms with Crippen LogP contribution in [0.5, 0.6) is 11.5 Å². The summed E-state index contributed by atoms with van der Waals surface area (Å²) < 4.78 is 10.5. The molecule has 6 heteroatoms. The van der Waals surface area contributed by atoms with E-state index in [4.69, 9.17) is 9.47 Å². The van der Waals surface area contributed by atoms with Crippen molar-refractivity contribution in [1.82, 2.24) is 5.32 Å². The van der Waals surface area contributed by atoms with Crippen LogP contribution in [-0.2, 0) is 22.4 Å². The number of hydrogen-bond acceptors (Lipinski definition) is 4. The van der Waals surface area contributed by atoms with Gasteiger partial charge in [-0.15, -0.1) is 0 Å². The van der Waals surface area contributed by atoms with E-state index in [1.54, 1.807) is 27.2 Å². The van der Waals surface area contributed by atoms with Crippen LogP contribution >= 0.6 is 0 Å². The lowest BCUT2D eigenvalue weighted by molar-refractivity contribution is -0.142. The molecule has 0 fully saturated rings. The van der Waals surface area contributed by atoms with Crippen molar-refractivity contribution in [1.29, 1.82) is 0 Å². The number of carbonyl (C=O) groups is 2. The van der Waals surface area contributed by atoms with E-state index < -0.39 is 12.0 Å². The Hall–Kier alpha value is -3.02. The van der Waals surface area contributed by atoms with Gasteiger partial charge < -0.3 is 19.9 Å². The highest BCUT2D eigenvalue weighted by Gasteiger charge is 2.23. The number of hydrogen-bond donors (Lipinski definition) is 2. The Morgan fingerprint density at radius 2 is 1.63 bits per heavy atom. The average molecular weight is 371 g/mol. The summed E-state index contributed by atoms with van der Waals surface area (Å²) in [6, 6.07) is 13.7. The number of benzene rings is 2. The summed E-state index contributed by atoms with van der Waals surface area (Å²) in [5.74, 6) is -0.526. The predicted molar refractivity (Wildman–Crippen MR) is 102 cm³/mol. The molecule has 144 valence electrons. The molecule has 2 rings (SSSR count). The van der Waals surface area contributed by atoms with Gasteiger partial charge in [0, 0.05) is 12.3 Å². The molecule has 1 amide bonds. The van der Waals surface area contributed by atoms with Crippen molar-refractivity contribution < 1.29 is 24.2 Å². The van der Waals surface area contributed by atoms with E-state index in [0.717, 1.165) is 11.1 Å². The molecular weight excluding hydrogens is 346 g/mol. The van der Waals surface area contributed by atoms with Crippen molar-refractivity contribution in [3.05, 3.63) is 59.7 Å². The molecule has 2 aromatic carbocycles. The normalized spacial score (nSPS) is 12.7. The first-order valence-electron chi connectivity index (χ1n) is 8.72. The van der Waals surface area contributed by atoms with Crippen LogP contribution in [0.15, 0.2) is 48.5 Å². The van der Waals surface area contributed by atoms with Gasteiger partial charge in [-0.25, -0.2) is 4.79 Å². The Kier molecular flexibility index (Phi) is 7.23. The summed E-state index contributed by atoms with van der Waals surface area (Å²) in [6.45, 7) is 1.77. The van der Waals surface area contributed by atoms with Gasteiger partial charge in [0.2, 0.25) is 5.91 Å². The van der Waals surface area contributed by atoms with E-state index in [1.807, 2.05) is 42.5 Å². The summed E-state index contributed by atoms with van der Waals surface area (Å²) in [6.07, 6.45) is 0.703. The second kappa shape index (κ2) is 9.62. The Bertz CT molecular complexity index is 775. The highest BCUT2D eigenvalue weighted by molar-refractivity contribution is 5.85. The van der Waals surface area contributed by atoms with E-state index >= 15 is 0 Å². The van der Waals surface area contributed by atoms with Gasteiger partial charge in [-0.1, -0.05) is 43.3 Å². The zero-order chi connectivity index (χ0) is 19.8. The van der Waals surface area contributed by atoms with Crippen molar-refractivity contribution in [3.63, 3.8) is 0 Å². The maximum absolute atomic E-state index is 12.5. The molecule has 0 heterocycles. The summed E-state index contributed by atoms with van der Waals surface area (Å²) >= 11 is 0. The summed E-state index contributed by atoms with van der Waals surface area (Å²) in [7, 11) is 3.12. The van der Waals surface area contributed by atoms with E-state index in [1.165, 1.54) is 0 Å². The van der Waals surface area contributed by atoms with Crippen LogP contribution in [0, 0.1) is 5.92 Å². The van der Waals surface area contributed by atoms with Crippen LogP contribution in [0.3, 0.4) is 0 Å². The van der Waals surface area contributed by atoms with Gasteiger partial charge >= 0.3 is 5.97 Å². The molecule has 0 aliphatic carbocycles. The van der Waals surface area contributed by atoms with Crippen LogP contribution in [-0.4, -0.2) is 37.2 Å². The molecule has 0 saturated heterocycles. The number of carboxylic acids is 1. The van der Waals surface area contributed by atoms with E-state index in [0.29, 0.717) is 17.9 Å². The molecule has 0 saturated carbocycles. The lowest BCUT2D eigenvalue weighted by Crippen LogP contribution is -2.44. The van der Waals surface area contributed by atoms with Gasteiger partial charge in [0.05, 0.1) is 14.2 Å². The minimum Gasteiger partial charge on any atom is -0.493 e. The molecule has 2 N–H and O–H groups in total. The topological polar surface area (TPSA) is 84.9 Å². The molecule has 0 aliphatic rings. The second-order valence-corrected chi connectivity index (χ2v) is 6.38. The summed E-state index contributed by atoms with van der Waals surface area (Å²) in [5.41, 5.74) is 1.77. The number of carbonyl (C=O) groups excluding carboxylic acids is 1. The monoisotopic (exact) mass is 371 g/mol. The number of aliphatic carboxylic acids is 1. The van der Waals surface area contributed by atoms with Crippen molar-refractivity contribution in [2.45, 2.75) is 25.8 Å². The van der Waals surface area contributed by atoms with Crippen molar-refractivity contribution in [2.24, 2.45) is 5.92 Å². The molecule has 2 aromatic rings. The SMILES string of the molecule is COc1ccc(CC(C)C(=O)N[C@@H](Cc2ccccc2)C(=O)O)cc1OC. The molecule has 1 unspecified atom stereocenters. The molecule has 0 aromatic heterocycles. The number of amides is 1. The molecule has 0 spiro atoms. The van der Waals surface area contributed by atoms with Gasteiger partial charge in [0.25, 0.3) is 0 Å². The maximum Gasteiger partial charge on any atom is 0.326 e. The van der Waals surface area contributed by atoms with Crippen LogP contribution in [0.25, 0.3) is 0 Å². The summed E-state index contributed by atoms with van der Waals surface area (Å²) in [5, 5.41) is 12.1. The zero-order valence-electron chi connectivity index (χ0n) is 15.8. The largest absolute Gasteiger partial charge is 0.493 e. The predicted octanol–water partition coefficient (Wildman–Crippen LogP) is 2.69. The van der Waals surface area contributed by atoms with Gasteiger partial charge in [-0.2, -0.15) is 0 Å². The Morgan fingerprint density at radius 3 is 2.22 bits per heavy atom. The highest BCUT2D eigenvalue weighted by Crippen LogP contribution is 2.28. The van der Waals surface area contributed by atoms with Crippen LogP contribution in [0.1, 0.15) is 18.1 Å². The maximum atomic E-state index is 12.5. The number of nitrogens with one attached hydrogen (secondary N) is 1. The van der Waals surface area contributed by atoms with E-state index in [2.05, 4.69) is 5.32 Å². The third-order valence-electron chi connectivity index (χ3n) is 4.33. The van der Waals surface area contributed by atoms with Crippen molar-refractivity contribution in [3.8, 4) is 11.5 Å². The van der Waals surface area contributed by atoms with Gasteiger partial charge in [0.15, 0.2) is 11.5 Å². The standard InChI is InChI=1S/C21H25NO5/c1-14(11-16-9-10-18(26-2)19(13-16)27-3)20(23)22-17(21(24)25)12-15-7-5-4-6-8-15/h4-10,13-14,17H,11-12H2,1-3H3,(H,22,23)(H,24,25)/t14?,17-/m0/s1. The first-order chi connectivity index (χ1) is 12.9. The average Bonchev–Trinajstić information content (AvgIpc) is 2.67. The van der Waals surface area contributed by atoms with Gasteiger partial charge in [-0.3, -0.25) is 4.79 Å². The van der Waals surface area contributed by atoms with Gasteiger partial charge in [-0.05, 0) is 29.7 Å². The Labute approximate surface area is 159 Å². The minimum absolute atomic E-state index is 0.241. The van der Waals surface area contributed by atoms with Crippen LogP contribution in [0.2, 0.25) is 0 Å². The van der Waals surface area contributed by atoms with Crippen molar-refractivity contribution in [2.75, 3.05) is 14.2 Å². The molecule has 0 bridgehead atoms. The highest BCUT2D eigenvalue weighted by atomic mass is 16.5. The van der Waals surface area contributed by atoms with Crippen molar-refractivity contribution >= 4 is 11.9 Å². The van der Waals surface area contributed by atoms with Crippen LogP contribution in [0.4, 0.5) is 0 Å². The lowest BCUT2D eigenvalue weighted by Gasteiger charge is -2.18. The molecule has 0 radical (unpaired) electrons. The minimum atomic E-state index is -1.05. The number of methoxy groups -OCH3 is 2. The number of carboxylic acid groups (broad SMARTS) is 1. The first kappa shape index (κ1) is 20.3. The molecular formula is C21H25NO5. The fraction of sp³-hybridized carbons (Fsp3) is 0.333.